The smallest absolute Gasteiger partial charge is 0.124 e. The van der Waals surface area contributed by atoms with Gasteiger partial charge in [0.1, 0.15) is 4.83 Å². The third-order valence-corrected chi connectivity index (χ3v) is 8.42. The maximum Gasteiger partial charge on any atom is 0.124 e. The SMILES string of the molecule is C=Cc1c(C=CC)n(-c2ccc3sc4ncc(N(c5ccccc5)c5ccccc5)cc4c3c2)c2ccccc12. The predicted octanol–water partition coefficient (Wildman–Crippen LogP) is 10.5. The van der Waals surface area contributed by atoms with Crippen LogP contribution in [0.25, 0.3) is 49.0 Å². The normalized spacial score (nSPS) is 11.6. The van der Waals surface area contributed by atoms with Crippen molar-refractivity contribution in [3.63, 3.8) is 0 Å². The van der Waals surface area contributed by atoms with Crippen LogP contribution in [0.2, 0.25) is 0 Å². The number of allylic oxidation sites excluding steroid dienone is 1. The van der Waals surface area contributed by atoms with E-state index in [9.17, 15) is 0 Å². The first-order valence-corrected chi connectivity index (χ1v) is 14.2. The summed E-state index contributed by atoms with van der Waals surface area (Å²) < 4.78 is 3.56. The maximum absolute atomic E-state index is 4.95. The molecule has 0 atom stereocenters. The minimum absolute atomic E-state index is 1.03. The summed E-state index contributed by atoms with van der Waals surface area (Å²) in [5.41, 5.74) is 7.80. The molecule has 4 heteroatoms. The Bertz CT molecular complexity index is 1990. The van der Waals surface area contributed by atoms with Crippen LogP contribution >= 0.6 is 11.3 Å². The summed E-state index contributed by atoms with van der Waals surface area (Å²) in [5, 5.41) is 3.56. The fourth-order valence-corrected chi connectivity index (χ4v) is 6.61. The van der Waals surface area contributed by atoms with Gasteiger partial charge in [-0.25, -0.2) is 4.98 Å². The summed E-state index contributed by atoms with van der Waals surface area (Å²) in [5.74, 6) is 0. The van der Waals surface area contributed by atoms with Crippen molar-refractivity contribution in [3.8, 4) is 5.69 Å². The molecule has 0 aliphatic carbocycles. The highest BCUT2D eigenvalue weighted by Gasteiger charge is 2.18. The lowest BCUT2D eigenvalue weighted by atomic mass is 10.1. The summed E-state index contributed by atoms with van der Waals surface area (Å²) >= 11 is 1.74. The molecule has 192 valence electrons. The van der Waals surface area contributed by atoms with Gasteiger partial charge in [0.25, 0.3) is 0 Å². The summed E-state index contributed by atoms with van der Waals surface area (Å²) in [6.07, 6.45) is 8.21. The number of para-hydroxylation sites is 3. The molecule has 0 fully saturated rings. The van der Waals surface area contributed by atoms with E-state index in [-0.39, 0.29) is 0 Å². The van der Waals surface area contributed by atoms with E-state index in [0.717, 1.165) is 44.2 Å². The van der Waals surface area contributed by atoms with Crippen LogP contribution in [0.4, 0.5) is 17.1 Å². The van der Waals surface area contributed by atoms with Crippen LogP contribution in [0.5, 0.6) is 0 Å². The molecule has 0 spiro atoms. The number of pyridine rings is 1. The van der Waals surface area contributed by atoms with Crippen molar-refractivity contribution in [1.82, 2.24) is 9.55 Å². The summed E-state index contributed by atoms with van der Waals surface area (Å²) in [6, 6.07) is 38.5. The Morgan fingerprint density at radius 2 is 1.45 bits per heavy atom. The fourth-order valence-electron chi connectivity index (χ4n) is 5.60. The van der Waals surface area contributed by atoms with Gasteiger partial charge in [-0.05, 0) is 67.6 Å². The molecule has 0 radical (unpaired) electrons. The van der Waals surface area contributed by atoms with Crippen LogP contribution in [-0.4, -0.2) is 9.55 Å². The minimum Gasteiger partial charge on any atom is -0.309 e. The van der Waals surface area contributed by atoms with Gasteiger partial charge in [0.05, 0.1) is 23.1 Å². The third-order valence-electron chi connectivity index (χ3n) is 7.32. The van der Waals surface area contributed by atoms with Crippen molar-refractivity contribution in [3.05, 3.63) is 139 Å². The van der Waals surface area contributed by atoms with Crippen LogP contribution in [0, 0.1) is 0 Å². The lowest BCUT2D eigenvalue weighted by molar-refractivity contribution is 1.11. The van der Waals surface area contributed by atoms with Crippen LogP contribution in [-0.2, 0) is 0 Å². The molecule has 0 saturated heterocycles. The van der Waals surface area contributed by atoms with Gasteiger partial charge in [0, 0.05) is 43.5 Å². The molecule has 3 nitrogen and oxygen atoms in total. The molecule has 0 amide bonds. The molecule has 0 N–H and O–H groups in total. The van der Waals surface area contributed by atoms with Gasteiger partial charge in [-0.2, -0.15) is 0 Å². The first-order valence-electron chi connectivity index (χ1n) is 13.4. The molecule has 0 bridgehead atoms. The van der Waals surface area contributed by atoms with Crippen molar-refractivity contribution < 1.29 is 0 Å². The maximum atomic E-state index is 4.95. The zero-order valence-electron chi connectivity index (χ0n) is 22.2. The monoisotopic (exact) mass is 533 g/mol. The highest BCUT2D eigenvalue weighted by atomic mass is 32.1. The molecule has 0 unspecified atom stereocenters. The quantitative estimate of drug-likeness (QED) is 0.212. The summed E-state index contributed by atoms with van der Waals surface area (Å²) in [6.45, 7) is 6.19. The average molecular weight is 534 g/mol. The predicted molar refractivity (Wildman–Crippen MR) is 173 cm³/mol. The first kappa shape index (κ1) is 24.1. The van der Waals surface area contributed by atoms with E-state index in [4.69, 9.17) is 4.98 Å². The molecule has 0 saturated carbocycles. The number of nitrogens with zero attached hydrogens (tertiary/aromatic N) is 3. The van der Waals surface area contributed by atoms with Crippen molar-refractivity contribution in [2.75, 3.05) is 4.90 Å². The number of aromatic nitrogens is 2. The number of thiophene rings is 1. The first-order chi connectivity index (χ1) is 19.8. The van der Waals surface area contributed by atoms with Gasteiger partial charge in [-0.1, -0.05) is 73.3 Å². The fraction of sp³-hybridized carbons (Fsp3) is 0.0278. The van der Waals surface area contributed by atoms with Crippen LogP contribution in [0.15, 0.2) is 128 Å². The minimum atomic E-state index is 1.03. The zero-order chi connectivity index (χ0) is 27.1. The Kier molecular flexibility index (Phi) is 6.03. The van der Waals surface area contributed by atoms with E-state index >= 15 is 0 Å². The standard InChI is InChI=1S/C36H27N3S/c1-3-13-33-29(4-2)30-18-11-12-19-34(30)39(33)27-20-21-35-31(22-27)32-23-28(24-37-36(32)40-35)38(25-14-7-5-8-15-25)26-16-9-6-10-17-26/h3-24H,2H2,1H3. The van der Waals surface area contributed by atoms with Crippen LogP contribution < -0.4 is 4.90 Å². The molecule has 3 aromatic heterocycles. The van der Waals surface area contributed by atoms with Gasteiger partial charge in [-0.15, -0.1) is 11.3 Å². The van der Waals surface area contributed by atoms with Gasteiger partial charge in [0.2, 0.25) is 0 Å². The van der Waals surface area contributed by atoms with E-state index in [1.54, 1.807) is 11.3 Å². The second kappa shape index (κ2) is 9.99. The number of rotatable bonds is 6. The second-order valence-corrected chi connectivity index (χ2v) is 10.7. The van der Waals surface area contributed by atoms with Gasteiger partial charge >= 0.3 is 0 Å². The Morgan fingerprint density at radius 1 is 0.750 bits per heavy atom. The van der Waals surface area contributed by atoms with Gasteiger partial charge in [0.15, 0.2) is 0 Å². The number of hydrogen-bond acceptors (Lipinski definition) is 3. The Labute approximate surface area is 237 Å². The van der Waals surface area contributed by atoms with Crippen LogP contribution in [0.3, 0.4) is 0 Å². The number of benzene rings is 4. The second-order valence-electron chi connectivity index (χ2n) is 9.69. The van der Waals surface area contributed by atoms with Crippen molar-refractivity contribution in [1.29, 1.82) is 0 Å². The molecule has 4 aromatic carbocycles. The molecule has 0 aliphatic rings. The van der Waals surface area contributed by atoms with E-state index in [1.807, 2.05) is 24.4 Å². The van der Waals surface area contributed by atoms with Crippen molar-refractivity contribution >= 4 is 71.8 Å². The molecule has 40 heavy (non-hydrogen) atoms. The average Bonchev–Trinajstić information content (AvgIpc) is 3.53. The van der Waals surface area contributed by atoms with Crippen molar-refractivity contribution in [2.24, 2.45) is 0 Å². The molecule has 3 heterocycles. The number of fused-ring (bicyclic) bond motifs is 4. The largest absolute Gasteiger partial charge is 0.309 e. The van der Waals surface area contributed by atoms with E-state index in [2.05, 4.69) is 132 Å². The van der Waals surface area contributed by atoms with E-state index in [1.165, 1.54) is 21.0 Å². The summed E-state index contributed by atoms with van der Waals surface area (Å²) in [4.78, 5) is 8.25. The molecule has 7 rings (SSSR count). The lowest BCUT2D eigenvalue weighted by Gasteiger charge is -2.25. The van der Waals surface area contributed by atoms with Crippen molar-refractivity contribution in [2.45, 2.75) is 6.92 Å². The Balaban J connectivity index is 1.45. The third kappa shape index (κ3) is 3.93. The zero-order valence-corrected chi connectivity index (χ0v) is 23.0. The molecular weight excluding hydrogens is 506 g/mol. The molecule has 7 aromatic rings. The van der Waals surface area contributed by atoms with Gasteiger partial charge < -0.3 is 9.47 Å². The topological polar surface area (TPSA) is 21.1 Å². The summed E-state index contributed by atoms with van der Waals surface area (Å²) in [7, 11) is 0. The highest BCUT2D eigenvalue weighted by Crippen LogP contribution is 2.40. The Hall–Kier alpha value is -4.93. The Morgan fingerprint density at radius 3 is 2.15 bits per heavy atom. The van der Waals surface area contributed by atoms with E-state index in [0.29, 0.717) is 0 Å². The lowest BCUT2D eigenvalue weighted by Crippen LogP contribution is -2.09. The number of anilines is 3. The molecule has 0 aliphatic heterocycles. The van der Waals surface area contributed by atoms with E-state index < -0.39 is 0 Å². The highest BCUT2D eigenvalue weighted by molar-refractivity contribution is 7.25. The molecular formula is C36H27N3S. The number of hydrogen-bond donors (Lipinski definition) is 0. The van der Waals surface area contributed by atoms with Gasteiger partial charge in [-0.3, -0.25) is 0 Å². The van der Waals surface area contributed by atoms with Crippen LogP contribution in [0.1, 0.15) is 18.2 Å².